The van der Waals surface area contributed by atoms with Gasteiger partial charge in [-0.15, -0.1) is 0 Å². The molecule has 5 rings (SSSR count). The molecule has 5 atom stereocenters. The predicted molar refractivity (Wildman–Crippen MR) is 102 cm³/mol. The standard InChI is InChI=1S/C22H19F3N2O5/c1-20-9-12(7-15(28)30-2)21(32-20)5-6-31-19-17(21)16(20)18(29)27(19)13-4-3-11(10-26)14(8-13)22(23,24)25/h3-4,7-8,16-17,19H,5-6,9H2,1-2H3/b12-7+/t16-,17+,19+,20-,21+/m1/s1. The SMILES string of the molecule is COC(=O)/C=C1\C[C@@]2(C)O[C@@]13CCO[C@H]1[C@@H]3[C@@H]2C(=O)N1c1ccc(C#N)c(C(F)(F)F)c1. The van der Waals surface area contributed by atoms with Gasteiger partial charge in [0.05, 0.1) is 48.3 Å². The van der Waals surface area contributed by atoms with Crippen LogP contribution in [0.2, 0.25) is 0 Å². The molecular formula is C22H19F3N2O5. The fraction of sp³-hybridized carbons (Fsp3) is 0.500. The van der Waals surface area contributed by atoms with Gasteiger partial charge in [0.15, 0.2) is 0 Å². The topological polar surface area (TPSA) is 88.9 Å². The van der Waals surface area contributed by atoms with E-state index in [-0.39, 0.29) is 18.2 Å². The van der Waals surface area contributed by atoms with Gasteiger partial charge in [-0.25, -0.2) is 4.79 Å². The third kappa shape index (κ3) is 2.61. The average Bonchev–Trinajstić information content (AvgIpc) is 3.30. The second-order valence-corrected chi connectivity index (χ2v) is 8.74. The summed E-state index contributed by atoms with van der Waals surface area (Å²) < 4.78 is 57.6. The summed E-state index contributed by atoms with van der Waals surface area (Å²) in [5.74, 6) is -2.03. The van der Waals surface area contributed by atoms with Crippen molar-refractivity contribution in [3.63, 3.8) is 0 Å². The Morgan fingerprint density at radius 3 is 2.81 bits per heavy atom. The van der Waals surface area contributed by atoms with E-state index in [1.54, 1.807) is 13.0 Å². The molecule has 0 saturated carbocycles. The molecule has 4 saturated heterocycles. The summed E-state index contributed by atoms with van der Waals surface area (Å²) in [7, 11) is 1.27. The van der Waals surface area contributed by atoms with E-state index in [4.69, 9.17) is 19.5 Å². The van der Waals surface area contributed by atoms with Crippen molar-refractivity contribution in [2.45, 2.75) is 43.4 Å². The number of nitrogens with zero attached hydrogens (tertiary/aromatic N) is 2. The third-order valence-electron chi connectivity index (χ3n) is 7.08. The lowest BCUT2D eigenvalue weighted by molar-refractivity contribution is -0.138. The highest BCUT2D eigenvalue weighted by Gasteiger charge is 2.76. The van der Waals surface area contributed by atoms with E-state index < -0.39 is 52.5 Å². The normalized spacial score (nSPS) is 36.4. The molecule has 4 fully saturated rings. The number of anilines is 1. The van der Waals surface area contributed by atoms with Crippen molar-refractivity contribution < 1.29 is 37.0 Å². The number of carbonyl (C=O) groups is 2. The molecular weight excluding hydrogens is 429 g/mol. The Morgan fingerprint density at radius 2 is 2.16 bits per heavy atom. The van der Waals surface area contributed by atoms with E-state index in [1.807, 2.05) is 0 Å². The van der Waals surface area contributed by atoms with Crippen LogP contribution in [-0.4, -0.2) is 43.0 Å². The van der Waals surface area contributed by atoms with Gasteiger partial charge >= 0.3 is 12.1 Å². The van der Waals surface area contributed by atoms with Crippen molar-refractivity contribution in [3.05, 3.63) is 41.0 Å². The maximum Gasteiger partial charge on any atom is 0.417 e. The van der Waals surface area contributed by atoms with Crippen molar-refractivity contribution in [1.82, 2.24) is 0 Å². The highest BCUT2D eigenvalue weighted by molar-refractivity contribution is 6.00. The summed E-state index contributed by atoms with van der Waals surface area (Å²) in [4.78, 5) is 26.7. The number of nitriles is 1. The van der Waals surface area contributed by atoms with Crippen molar-refractivity contribution in [2.75, 3.05) is 18.6 Å². The van der Waals surface area contributed by atoms with Gasteiger partial charge in [0.2, 0.25) is 5.91 Å². The van der Waals surface area contributed by atoms with Gasteiger partial charge in [-0.1, -0.05) is 0 Å². The first-order valence-electron chi connectivity index (χ1n) is 10.1. The maximum absolute atomic E-state index is 13.5. The van der Waals surface area contributed by atoms with Crippen LogP contribution in [0.15, 0.2) is 29.8 Å². The summed E-state index contributed by atoms with van der Waals surface area (Å²) >= 11 is 0. The minimum atomic E-state index is -4.75. The zero-order chi connectivity index (χ0) is 23.1. The fourth-order valence-electron chi connectivity index (χ4n) is 5.95. The molecule has 2 bridgehead atoms. The number of rotatable bonds is 2. The van der Waals surface area contributed by atoms with E-state index in [1.165, 1.54) is 24.2 Å². The zero-order valence-corrected chi connectivity index (χ0v) is 17.2. The van der Waals surface area contributed by atoms with Gasteiger partial charge in [0, 0.05) is 24.6 Å². The largest absolute Gasteiger partial charge is 0.466 e. The number of fused-ring (bicyclic) bond motifs is 2. The minimum Gasteiger partial charge on any atom is -0.466 e. The molecule has 0 N–H and O–H groups in total. The van der Waals surface area contributed by atoms with Gasteiger partial charge in [-0.2, -0.15) is 18.4 Å². The van der Waals surface area contributed by atoms with Crippen molar-refractivity contribution in [2.24, 2.45) is 11.8 Å². The van der Waals surface area contributed by atoms with Gasteiger partial charge in [-0.05, 0) is 30.7 Å². The molecule has 0 radical (unpaired) electrons. The van der Waals surface area contributed by atoms with Crippen LogP contribution in [0, 0.1) is 23.2 Å². The van der Waals surface area contributed by atoms with Crippen LogP contribution in [-0.2, 0) is 30.0 Å². The Balaban J connectivity index is 1.61. The predicted octanol–water partition coefficient (Wildman–Crippen LogP) is 2.93. The van der Waals surface area contributed by atoms with Crippen molar-refractivity contribution in [3.8, 4) is 6.07 Å². The Morgan fingerprint density at radius 1 is 1.41 bits per heavy atom. The lowest BCUT2D eigenvalue weighted by Crippen LogP contribution is -2.52. The zero-order valence-electron chi connectivity index (χ0n) is 17.2. The van der Waals surface area contributed by atoms with Crippen molar-refractivity contribution in [1.29, 1.82) is 5.26 Å². The van der Waals surface area contributed by atoms with Crippen LogP contribution in [0.1, 0.15) is 30.9 Å². The lowest BCUT2D eigenvalue weighted by Gasteiger charge is -2.43. The Labute approximate surface area is 181 Å². The summed E-state index contributed by atoms with van der Waals surface area (Å²) in [5.41, 5.74) is -2.73. The van der Waals surface area contributed by atoms with Gasteiger partial charge in [-0.3, -0.25) is 9.69 Å². The number of benzene rings is 1. The van der Waals surface area contributed by atoms with Gasteiger partial charge in [0.25, 0.3) is 0 Å². The summed E-state index contributed by atoms with van der Waals surface area (Å²) in [6, 6.07) is 4.76. The molecule has 1 aromatic carbocycles. The van der Waals surface area contributed by atoms with Crippen LogP contribution in [0.4, 0.5) is 18.9 Å². The number of hydrogen-bond donors (Lipinski definition) is 0. The highest BCUT2D eigenvalue weighted by atomic mass is 19.4. The van der Waals surface area contributed by atoms with Gasteiger partial charge < -0.3 is 14.2 Å². The molecule has 1 spiro atoms. The second-order valence-electron chi connectivity index (χ2n) is 8.74. The number of alkyl halides is 3. The second kappa shape index (κ2) is 6.56. The number of carbonyl (C=O) groups excluding carboxylic acids is 2. The number of methoxy groups -OCH3 is 1. The van der Waals surface area contributed by atoms with Crippen LogP contribution < -0.4 is 4.90 Å². The quantitative estimate of drug-likeness (QED) is 0.511. The number of ether oxygens (including phenoxy) is 3. The van der Waals surface area contributed by atoms with E-state index in [0.29, 0.717) is 18.4 Å². The summed E-state index contributed by atoms with van der Waals surface area (Å²) in [5, 5.41) is 9.08. The summed E-state index contributed by atoms with van der Waals surface area (Å²) in [6.45, 7) is 1.99. The molecule has 4 aliphatic rings. The maximum atomic E-state index is 13.5. The third-order valence-corrected chi connectivity index (χ3v) is 7.08. The number of hydrogen-bond acceptors (Lipinski definition) is 6. The smallest absolute Gasteiger partial charge is 0.417 e. The molecule has 4 heterocycles. The molecule has 1 amide bonds. The van der Waals surface area contributed by atoms with Crippen LogP contribution in [0.3, 0.4) is 0 Å². The molecule has 32 heavy (non-hydrogen) atoms. The number of halogens is 3. The van der Waals surface area contributed by atoms with Gasteiger partial charge in [0.1, 0.15) is 11.8 Å². The van der Waals surface area contributed by atoms with E-state index >= 15 is 0 Å². The van der Waals surface area contributed by atoms with E-state index in [2.05, 4.69) is 0 Å². The molecule has 7 nitrogen and oxygen atoms in total. The first-order chi connectivity index (χ1) is 15.1. The molecule has 0 unspecified atom stereocenters. The van der Waals surface area contributed by atoms with Crippen LogP contribution in [0.25, 0.3) is 0 Å². The Kier molecular flexibility index (Phi) is 4.30. The minimum absolute atomic E-state index is 0.0132. The van der Waals surface area contributed by atoms with E-state index in [9.17, 15) is 22.8 Å². The molecule has 0 aliphatic carbocycles. The molecule has 4 aliphatic heterocycles. The van der Waals surface area contributed by atoms with Crippen molar-refractivity contribution >= 4 is 17.6 Å². The highest BCUT2D eigenvalue weighted by Crippen LogP contribution is 2.67. The van der Waals surface area contributed by atoms with Crippen LogP contribution in [0.5, 0.6) is 0 Å². The first-order valence-corrected chi connectivity index (χ1v) is 10.1. The first kappa shape index (κ1) is 21.0. The average molecular weight is 448 g/mol. The summed E-state index contributed by atoms with van der Waals surface area (Å²) in [6.07, 6.45) is -3.44. The van der Waals surface area contributed by atoms with E-state index in [0.717, 1.165) is 12.1 Å². The molecule has 168 valence electrons. The lowest BCUT2D eigenvalue weighted by atomic mass is 9.64. The fourth-order valence-corrected chi connectivity index (χ4v) is 5.95. The number of esters is 1. The van der Waals surface area contributed by atoms with Crippen LogP contribution >= 0.6 is 0 Å². The molecule has 10 heteroatoms. The number of amides is 1. The monoisotopic (exact) mass is 448 g/mol. The molecule has 1 aromatic rings. The Bertz CT molecular complexity index is 1110. The molecule has 0 aromatic heterocycles. The Hall–Kier alpha value is -2.90.